The van der Waals surface area contributed by atoms with E-state index in [2.05, 4.69) is 0 Å². The molecule has 0 aliphatic heterocycles. The number of benzene rings is 1. The van der Waals surface area contributed by atoms with Gasteiger partial charge in [-0.05, 0) is 12.1 Å². The van der Waals surface area contributed by atoms with Gasteiger partial charge in [-0.15, -0.1) is 0 Å². The molecule has 5 nitrogen and oxygen atoms in total. The van der Waals surface area contributed by atoms with Gasteiger partial charge in [0.05, 0.1) is 0 Å². The van der Waals surface area contributed by atoms with Crippen LogP contribution in [0.1, 0.15) is 17.3 Å². The molecular formula is C10H10N2O3. The molecule has 0 bridgehead atoms. The van der Waals surface area contributed by atoms with Gasteiger partial charge < -0.3 is 0 Å². The molecule has 0 saturated heterocycles. The van der Waals surface area contributed by atoms with Crippen LogP contribution >= 0.6 is 0 Å². The Balaban J connectivity index is 2.57. The van der Waals surface area contributed by atoms with Crippen molar-refractivity contribution in [2.24, 2.45) is 0 Å². The highest BCUT2D eigenvalue weighted by molar-refractivity contribution is 6.07. The van der Waals surface area contributed by atoms with Gasteiger partial charge in [0.2, 0.25) is 5.91 Å². The van der Waals surface area contributed by atoms with E-state index in [9.17, 15) is 14.4 Å². The Bertz CT molecular complexity index is 387. The number of imide groups is 2. The zero-order chi connectivity index (χ0) is 11.3. The van der Waals surface area contributed by atoms with E-state index in [1.807, 2.05) is 10.6 Å². The SMILES string of the molecule is CC(=O)NC(=O)NC(=O)c1ccccc1. The summed E-state index contributed by atoms with van der Waals surface area (Å²) in [4.78, 5) is 32.8. The zero-order valence-electron chi connectivity index (χ0n) is 8.11. The quantitative estimate of drug-likeness (QED) is 0.709. The summed E-state index contributed by atoms with van der Waals surface area (Å²) in [6, 6.07) is 7.42. The highest BCUT2D eigenvalue weighted by Gasteiger charge is 2.09. The van der Waals surface area contributed by atoms with Crippen LogP contribution in [0.15, 0.2) is 30.3 Å². The Morgan fingerprint density at radius 3 is 2.13 bits per heavy atom. The molecule has 4 amide bonds. The molecule has 0 unspecified atom stereocenters. The summed E-state index contributed by atoms with van der Waals surface area (Å²) < 4.78 is 0. The number of hydrogen-bond acceptors (Lipinski definition) is 3. The molecule has 0 aliphatic carbocycles. The standard InChI is InChI=1S/C10H10N2O3/c1-7(13)11-10(15)12-9(14)8-5-3-2-4-6-8/h2-6H,1H3,(H2,11,12,13,14,15). The van der Waals surface area contributed by atoms with Gasteiger partial charge in [-0.1, -0.05) is 18.2 Å². The molecule has 0 aromatic heterocycles. The summed E-state index contributed by atoms with van der Waals surface area (Å²) in [5.41, 5.74) is 0.358. The lowest BCUT2D eigenvalue weighted by molar-refractivity contribution is -0.117. The van der Waals surface area contributed by atoms with Crippen molar-refractivity contribution in [3.63, 3.8) is 0 Å². The van der Waals surface area contributed by atoms with Crippen molar-refractivity contribution in [2.45, 2.75) is 6.92 Å². The fourth-order valence-corrected chi connectivity index (χ4v) is 0.956. The second kappa shape index (κ2) is 4.90. The van der Waals surface area contributed by atoms with Crippen molar-refractivity contribution in [3.05, 3.63) is 35.9 Å². The van der Waals surface area contributed by atoms with Crippen LogP contribution in [-0.4, -0.2) is 17.8 Å². The van der Waals surface area contributed by atoms with E-state index in [4.69, 9.17) is 0 Å². The van der Waals surface area contributed by atoms with Crippen LogP contribution in [0.2, 0.25) is 0 Å². The Hall–Kier alpha value is -2.17. The first kappa shape index (κ1) is 10.9. The Kier molecular flexibility index (Phi) is 3.56. The normalized spacial score (nSPS) is 9.13. The molecule has 5 heteroatoms. The van der Waals surface area contributed by atoms with E-state index in [0.717, 1.165) is 0 Å². The van der Waals surface area contributed by atoms with Crippen LogP contribution in [0.5, 0.6) is 0 Å². The van der Waals surface area contributed by atoms with E-state index < -0.39 is 17.8 Å². The number of carbonyl (C=O) groups excluding carboxylic acids is 3. The maximum atomic E-state index is 11.4. The maximum absolute atomic E-state index is 11.4. The molecule has 0 atom stereocenters. The van der Waals surface area contributed by atoms with Gasteiger partial charge >= 0.3 is 6.03 Å². The van der Waals surface area contributed by atoms with Crippen LogP contribution < -0.4 is 10.6 Å². The zero-order valence-corrected chi connectivity index (χ0v) is 8.11. The molecule has 2 N–H and O–H groups in total. The predicted molar refractivity (Wildman–Crippen MR) is 53.1 cm³/mol. The van der Waals surface area contributed by atoms with Gasteiger partial charge in [-0.3, -0.25) is 20.2 Å². The average Bonchev–Trinajstić information content (AvgIpc) is 2.17. The molecule has 15 heavy (non-hydrogen) atoms. The van der Waals surface area contributed by atoms with Gasteiger partial charge in [-0.25, -0.2) is 4.79 Å². The van der Waals surface area contributed by atoms with Crippen LogP contribution in [0.4, 0.5) is 4.79 Å². The average molecular weight is 206 g/mol. The van der Waals surface area contributed by atoms with Gasteiger partial charge in [0.15, 0.2) is 0 Å². The topological polar surface area (TPSA) is 75.3 Å². The Morgan fingerprint density at radius 2 is 1.60 bits per heavy atom. The van der Waals surface area contributed by atoms with Gasteiger partial charge in [0, 0.05) is 12.5 Å². The van der Waals surface area contributed by atoms with Crippen molar-refractivity contribution in [1.29, 1.82) is 0 Å². The minimum atomic E-state index is -0.823. The Morgan fingerprint density at radius 1 is 1.00 bits per heavy atom. The minimum absolute atomic E-state index is 0.358. The molecule has 1 aromatic rings. The molecule has 0 spiro atoms. The Labute approximate surface area is 86.5 Å². The molecule has 1 aromatic carbocycles. The van der Waals surface area contributed by atoms with Gasteiger partial charge in [-0.2, -0.15) is 0 Å². The number of hydrogen-bond donors (Lipinski definition) is 2. The highest BCUT2D eigenvalue weighted by Crippen LogP contribution is 1.97. The summed E-state index contributed by atoms with van der Waals surface area (Å²) in [5.74, 6) is -1.07. The van der Waals surface area contributed by atoms with E-state index in [1.54, 1.807) is 30.3 Å². The lowest BCUT2D eigenvalue weighted by Gasteiger charge is -2.03. The number of urea groups is 1. The third-order valence-corrected chi connectivity index (χ3v) is 1.55. The number of carbonyl (C=O) groups is 3. The van der Waals surface area contributed by atoms with Crippen molar-refractivity contribution in [3.8, 4) is 0 Å². The first-order chi connectivity index (χ1) is 7.09. The molecule has 0 radical (unpaired) electrons. The van der Waals surface area contributed by atoms with Crippen LogP contribution in [0.25, 0.3) is 0 Å². The lowest BCUT2D eigenvalue weighted by atomic mass is 10.2. The van der Waals surface area contributed by atoms with Crippen LogP contribution in [-0.2, 0) is 4.79 Å². The van der Waals surface area contributed by atoms with Crippen molar-refractivity contribution < 1.29 is 14.4 Å². The largest absolute Gasteiger partial charge is 0.328 e. The third-order valence-electron chi connectivity index (χ3n) is 1.55. The summed E-state index contributed by atoms with van der Waals surface area (Å²) in [5, 5.41) is 3.95. The lowest BCUT2D eigenvalue weighted by Crippen LogP contribution is -2.41. The molecule has 0 fully saturated rings. The fraction of sp³-hybridized carbons (Fsp3) is 0.100. The molecule has 0 aliphatic rings. The third kappa shape index (κ3) is 3.60. The maximum Gasteiger partial charge on any atom is 0.328 e. The van der Waals surface area contributed by atoms with Crippen molar-refractivity contribution in [1.82, 2.24) is 10.6 Å². The number of rotatable bonds is 1. The van der Waals surface area contributed by atoms with Crippen LogP contribution in [0, 0.1) is 0 Å². The summed E-state index contributed by atoms with van der Waals surface area (Å²) >= 11 is 0. The predicted octanol–water partition coefficient (Wildman–Crippen LogP) is 0.672. The van der Waals surface area contributed by atoms with Crippen molar-refractivity contribution in [2.75, 3.05) is 0 Å². The monoisotopic (exact) mass is 206 g/mol. The number of nitrogens with one attached hydrogen (secondary N) is 2. The second-order valence-corrected chi connectivity index (χ2v) is 2.83. The summed E-state index contributed by atoms with van der Waals surface area (Å²) in [6.07, 6.45) is 0. The molecule has 0 heterocycles. The van der Waals surface area contributed by atoms with E-state index in [-0.39, 0.29) is 0 Å². The molecular weight excluding hydrogens is 196 g/mol. The molecule has 78 valence electrons. The second-order valence-electron chi connectivity index (χ2n) is 2.83. The van der Waals surface area contributed by atoms with Gasteiger partial charge in [0.25, 0.3) is 5.91 Å². The fourth-order valence-electron chi connectivity index (χ4n) is 0.956. The van der Waals surface area contributed by atoms with E-state index in [0.29, 0.717) is 5.56 Å². The van der Waals surface area contributed by atoms with E-state index >= 15 is 0 Å². The smallest absolute Gasteiger partial charge is 0.278 e. The van der Waals surface area contributed by atoms with Gasteiger partial charge in [0.1, 0.15) is 0 Å². The minimum Gasteiger partial charge on any atom is -0.278 e. The van der Waals surface area contributed by atoms with Crippen molar-refractivity contribution >= 4 is 17.8 Å². The van der Waals surface area contributed by atoms with E-state index in [1.165, 1.54) is 6.92 Å². The molecule has 1 rings (SSSR count). The van der Waals surface area contributed by atoms with Crippen LogP contribution in [0.3, 0.4) is 0 Å². The first-order valence-corrected chi connectivity index (χ1v) is 4.27. The first-order valence-electron chi connectivity index (χ1n) is 4.27. The highest BCUT2D eigenvalue weighted by atomic mass is 16.2. The summed E-state index contributed by atoms with van der Waals surface area (Å²) in [6.45, 7) is 1.19. The number of amides is 4. The molecule has 0 saturated carbocycles. The summed E-state index contributed by atoms with van der Waals surface area (Å²) in [7, 11) is 0.